The molecule has 0 aliphatic carbocycles. The van der Waals surface area contributed by atoms with Crippen LogP contribution in [0.4, 0.5) is 5.69 Å². The molecule has 1 saturated heterocycles. The van der Waals surface area contributed by atoms with E-state index in [1.807, 2.05) is 24.3 Å². The number of nitrogens with one attached hydrogen (secondary N) is 1. The average molecular weight is 378 g/mol. The Kier molecular flexibility index (Phi) is 4.15. The van der Waals surface area contributed by atoms with Crippen molar-refractivity contribution in [3.05, 3.63) is 41.8 Å². The number of benzene rings is 1. The van der Waals surface area contributed by atoms with Crippen LogP contribution in [-0.2, 0) is 19.4 Å². The molecule has 6 nitrogen and oxygen atoms in total. The summed E-state index contributed by atoms with van der Waals surface area (Å²) in [7, 11) is -3.47. The summed E-state index contributed by atoms with van der Waals surface area (Å²) < 4.78 is 33.0. The molecule has 4 rings (SSSR count). The molecular formula is C17H18N2O4S2. The molecule has 8 heteroatoms. The van der Waals surface area contributed by atoms with Crippen LogP contribution in [0.25, 0.3) is 0 Å². The number of sulfonamides is 1. The summed E-state index contributed by atoms with van der Waals surface area (Å²) in [4.78, 5) is 12.8. The lowest BCUT2D eigenvalue weighted by Gasteiger charge is -2.39. The molecule has 1 N–H and O–H groups in total. The molecule has 1 spiro atoms. The molecule has 25 heavy (non-hydrogen) atoms. The van der Waals surface area contributed by atoms with Crippen molar-refractivity contribution in [1.29, 1.82) is 0 Å². The van der Waals surface area contributed by atoms with Gasteiger partial charge in [-0.05, 0) is 36.4 Å². The fraction of sp³-hybridized carbons (Fsp3) is 0.353. The zero-order chi connectivity index (χ0) is 17.5. The van der Waals surface area contributed by atoms with E-state index in [0.29, 0.717) is 41.6 Å². The van der Waals surface area contributed by atoms with E-state index in [4.69, 9.17) is 4.74 Å². The van der Waals surface area contributed by atoms with Crippen molar-refractivity contribution in [3.8, 4) is 5.75 Å². The Morgan fingerprint density at radius 2 is 1.96 bits per heavy atom. The van der Waals surface area contributed by atoms with Crippen molar-refractivity contribution < 1.29 is 18.3 Å². The second-order valence-electron chi connectivity index (χ2n) is 6.36. The van der Waals surface area contributed by atoms with Crippen LogP contribution in [0.3, 0.4) is 0 Å². The highest BCUT2D eigenvalue weighted by molar-refractivity contribution is 7.97. The Morgan fingerprint density at radius 3 is 2.68 bits per heavy atom. The molecule has 3 heterocycles. The third-order valence-corrected chi connectivity index (χ3v) is 8.16. The minimum Gasteiger partial charge on any atom is -0.592 e. The van der Waals surface area contributed by atoms with Gasteiger partial charge in [-0.15, -0.1) is 4.31 Å². The third kappa shape index (κ3) is 2.89. The lowest BCUT2D eigenvalue weighted by Crippen LogP contribution is -2.51. The molecule has 2 aliphatic heterocycles. The van der Waals surface area contributed by atoms with Crippen LogP contribution in [-0.4, -0.2) is 34.5 Å². The number of anilines is 1. The monoisotopic (exact) mass is 378 g/mol. The van der Waals surface area contributed by atoms with Crippen molar-refractivity contribution in [3.63, 3.8) is 0 Å². The molecule has 1 aromatic heterocycles. The Labute approximate surface area is 151 Å². The second kappa shape index (κ2) is 6.21. The third-order valence-electron chi connectivity index (χ3n) is 4.89. The lowest BCUT2D eigenvalue weighted by atomic mass is 9.79. The highest BCUT2D eigenvalue weighted by atomic mass is 32.3. The van der Waals surface area contributed by atoms with Crippen LogP contribution in [0.5, 0.6) is 5.75 Å². The van der Waals surface area contributed by atoms with Crippen LogP contribution in [0.1, 0.15) is 12.8 Å². The number of carbonyl (C=O) groups excluding carboxylic acids is 1. The minimum absolute atomic E-state index is 0.0920. The number of rotatable bonds is 2. The average Bonchev–Trinajstić information content (AvgIpc) is 3.13. The van der Waals surface area contributed by atoms with Gasteiger partial charge in [0.1, 0.15) is 12.4 Å². The first-order chi connectivity index (χ1) is 12.0. The summed E-state index contributed by atoms with van der Waals surface area (Å²) in [6.45, 7) is 0.892. The topological polar surface area (TPSA) is 81.7 Å². The maximum Gasteiger partial charge on any atom is 0.234 e. The number of hydrogen-bond donors (Lipinski definition) is 1. The molecule has 1 fully saturated rings. The second-order valence-corrected chi connectivity index (χ2v) is 9.47. The van der Waals surface area contributed by atoms with Crippen molar-refractivity contribution in [1.82, 2.24) is 4.31 Å². The van der Waals surface area contributed by atoms with E-state index in [1.165, 1.54) is 15.6 Å². The predicted octanol–water partition coefficient (Wildman–Crippen LogP) is 2.77. The summed E-state index contributed by atoms with van der Waals surface area (Å²) in [6.07, 6.45) is 0.884. The van der Waals surface area contributed by atoms with Crippen LogP contribution >= 0.6 is 11.3 Å². The van der Waals surface area contributed by atoms with Gasteiger partial charge in [0.2, 0.25) is 10.1 Å². The smallest absolute Gasteiger partial charge is 0.234 e. The molecule has 1 atom stereocenters. The Balaban J connectivity index is 1.52. The van der Waals surface area contributed by atoms with Gasteiger partial charge in [-0.3, -0.25) is 4.79 Å². The number of ether oxygens (including phenoxy) is 1. The maximum atomic E-state index is 12.8. The zero-order valence-corrected chi connectivity index (χ0v) is 15.1. The van der Waals surface area contributed by atoms with Crippen molar-refractivity contribution in [2.45, 2.75) is 17.1 Å². The number of carbonyl (C=O) groups is 1. The number of nitrogens with zero attached hydrogens (tertiary/aromatic N) is 1. The van der Waals surface area contributed by atoms with E-state index in [2.05, 4.69) is 5.32 Å². The molecular weight excluding hydrogens is 360 g/mol. The largest absolute Gasteiger partial charge is 0.592 e. The molecule has 2 aliphatic rings. The highest BCUT2D eigenvalue weighted by Gasteiger charge is 2.47. The number of piperidine rings is 1. The number of amides is 1. The van der Waals surface area contributed by atoms with Gasteiger partial charge in [0, 0.05) is 19.2 Å². The van der Waals surface area contributed by atoms with E-state index in [1.54, 1.807) is 17.5 Å². The summed E-state index contributed by atoms with van der Waals surface area (Å²) in [5, 5.41) is 4.69. The summed E-state index contributed by atoms with van der Waals surface area (Å²) >= 11 is 1.21. The normalized spacial score (nSPS) is 22.4. The Hall–Kier alpha value is -1.74. The maximum absolute atomic E-state index is 12.8. The predicted molar refractivity (Wildman–Crippen MR) is 95.2 cm³/mol. The Morgan fingerprint density at radius 1 is 1.20 bits per heavy atom. The van der Waals surface area contributed by atoms with Crippen LogP contribution in [0, 0.1) is 5.41 Å². The van der Waals surface area contributed by atoms with Gasteiger partial charge in [0.15, 0.2) is 10.4 Å². The number of fused-ring (bicyclic) bond motifs is 1. The lowest BCUT2D eigenvalue weighted by molar-refractivity contribution is -0.129. The van der Waals surface area contributed by atoms with E-state index in [9.17, 15) is 13.6 Å². The van der Waals surface area contributed by atoms with Crippen LogP contribution in [0.15, 0.2) is 46.0 Å². The molecule has 1 amide bonds. The first-order valence-electron chi connectivity index (χ1n) is 8.08. The van der Waals surface area contributed by atoms with Crippen LogP contribution < -0.4 is 10.1 Å². The van der Waals surface area contributed by atoms with Gasteiger partial charge in [0.25, 0.3) is 0 Å². The van der Waals surface area contributed by atoms with Gasteiger partial charge in [-0.1, -0.05) is 27.7 Å². The first-order valence-corrected chi connectivity index (χ1v) is 10.4. The molecule has 1 unspecified atom stereocenters. The number of para-hydroxylation sites is 2. The van der Waals surface area contributed by atoms with E-state index in [0.717, 1.165) is 0 Å². The molecule has 0 saturated carbocycles. The highest BCUT2D eigenvalue weighted by Crippen LogP contribution is 2.40. The van der Waals surface area contributed by atoms with E-state index in [-0.39, 0.29) is 12.5 Å². The molecule has 132 valence electrons. The minimum atomic E-state index is -3.47. The quantitative estimate of drug-likeness (QED) is 0.815. The molecule has 1 aromatic carbocycles. The summed E-state index contributed by atoms with van der Waals surface area (Å²) in [6, 6.07) is 10.7. The molecule has 0 bridgehead atoms. The standard InChI is InChI=1S/C17H18N2O4S2/c20-16-17(12-23-14-5-2-1-4-13(14)18-16)7-9-19(10-8-17)25(21,22)15-6-3-11-24-15/h1-6,11H,7-10,12H2,(H-,18,20,21,22). The SMILES string of the molecule is O=C1Nc2ccccc2OCC12CCN([S+](=O)([O-])c1cccs1)CC2. The fourth-order valence-electron chi connectivity index (χ4n) is 3.30. The zero-order valence-electron chi connectivity index (χ0n) is 13.5. The number of hydrogen-bond acceptors (Lipinski definition) is 5. The summed E-state index contributed by atoms with van der Waals surface area (Å²) in [5.41, 5.74) is -0.0291. The summed E-state index contributed by atoms with van der Waals surface area (Å²) in [5.74, 6) is 0.562. The van der Waals surface area contributed by atoms with Gasteiger partial charge < -0.3 is 14.6 Å². The van der Waals surface area contributed by atoms with Gasteiger partial charge in [0.05, 0.1) is 11.1 Å². The van der Waals surface area contributed by atoms with Gasteiger partial charge in [-0.2, -0.15) is 0 Å². The van der Waals surface area contributed by atoms with Crippen molar-refractivity contribution >= 4 is 33.3 Å². The molecule has 2 aromatic rings. The number of thiophene rings is 1. The van der Waals surface area contributed by atoms with Gasteiger partial charge in [-0.25, -0.2) is 0 Å². The van der Waals surface area contributed by atoms with Gasteiger partial charge >= 0.3 is 0 Å². The van der Waals surface area contributed by atoms with Crippen molar-refractivity contribution in [2.24, 2.45) is 5.41 Å². The molecule has 0 radical (unpaired) electrons. The van der Waals surface area contributed by atoms with Crippen LogP contribution in [0.2, 0.25) is 0 Å². The first kappa shape index (κ1) is 16.7. The van der Waals surface area contributed by atoms with E-state index >= 15 is 0 Å². The van der Waals surface area contributed by atoms with E-state index < -0.39 is 15.8 Å². The Bertz CT molecular complexity index is 829. The fourth-order valence-corrected chi connectivity index (χ4v) is 5.88. The van der Waals surface area contributed by atoms with Crippen molar-refractivity contribution in [2.75, 3.05) is 25.0 Å².